The van der Waals surface area contributed by atoms with Gasteiger partial charge in [-0.15, -0.1) is 0 Å². The molecule has 1 aromatic carbocycles. The van der Waals surface area contributed by atoms with Crippen molar-refractivity contribution < 1.29 is 4.52 Å². The lowest BCUT2D eigenvalue weighted by Crippen LogP contribution is -2.08. The van der Waals surface area contributed by atoms with Crippen LogP contribution in [0.2, 0.25) is 0 Å². The molecule has 7 heteroatoms. The van der Waals surface area contributed by atoms with Gasteiger partial charge >= 0.3 is 0 Å². The van der Waals surface area contributed by atoms with E-state index < -0.39 is 0 Å². The van der Waals surface area contributed by atoms with E-state index >= 15 is 0 Å². The van der Waals surface area contributed by atoms with Crippen LogP contribution >= 0.6 is 15.9 Å². The summed E-state index contributed by atoms with van der Waals surface area (Å²) in [4.78, 5) is 10.8. The first kappa shape index (κ1) is 15.7. The lowest BCUT2D eigenvalue weighted by atomic mass is 10.1. The van der Waals surface area contributed by atoms with Gasteiger partial charge in [0.05, 0.1) is 0 Å². The fourth-order valence-electron chi connectivity index (χ4n) is 2.30. The fourth-order valence-corrected chi connectivity index (χ4v) is 2.77. The Hall–Kier alpha value is -2.15. The molecule has 0 radical (unpaired) electrons. The van der Waals surface area contributed by atoms with Crippen molar-refractivity contribution in [2.45, 2.75) is 12.8 Å². The Labute approximate surface area is 143 Å². The van der Waals surface area contributed by atoms with E-state index in [9.17, 15) is 0 Å². The van der Waals surface area contributed by atoms with Gasteiger partial charge < -0.3 is 14.0 Å². The van der Waals surface area contributed by atoms with Crippen LogP contribution in [-0.2, 0) is 19.9 Å². The number of hydrogen-bond donors (Lipinski definition) is 0. The molecule has 2 aromatic heterocycles. The van der Waals surface area contributed by atoms with Crippen molar-refractivity contribution in [1.82, 2.24) is 19.7 Å². The Kier molecular flexibility index (Phi) is 4.47. The monoisotopic (exact) mass is 375 g/mol. The summed E-state index contributed by atoms with van der Waals surface area (Å²) in [7, 11) is 5.96. The summed E-state index contributed by atoms with van der Waals surface area (Å²) in [6.45, 7) is 0. The quantitative estimate of drug-likeness (QED) is 0.685. The van der Waals surface area contributed by atoms with E-state index in [1.807, 2.05) is 31.9 Å². The first-order chi connectivity index (χ1) is 11.0. The van der Waals surface area contributed by atoms with Crippen LogP contribution in [-0.4, -0.2) is 33.8 Å². The van der Waals surface area contributed by atoms with Crippen LogP contribution in [0.25, 0.3) is 11.6 Å². The highest BCUT2D eigenvalue weighted by molar-refractivity contribution is 9.10. The van der Waals surface area contributed by atoms with Crippen molar-refractivity contribution in [2.75, 3.05) is 19.0 Å². The van der Waals surface area contributed by atoms with E-state index in [2.05, 4.69) is 60.2 Å². The third kappa shape index (κ3) is 3.61. The number of aryl methyl sites for hydroxylation is 3. The first-order valence-electron chi connectivity index (χ1n) is 7.31. The van der Waals surface area contributed by atoms with Gasteiger partial charge in [-0.3, -0.25) is 0 Å². The number of aromatic nitrogens is 4. The highest BCUT2D eigenvalue weighted by atomic mass is 79.9. The van der Waals surface area contributed by atoms with E-state index in [-0.39, 0.29) is 0 Å². The molecular weight excluding hydrogens is 358 g/mol. The smallest absolute Gasteiger partial charge is 0.238 e. The maximum atomic E-state index is 5.33. The number of imidazole rings is 1. The Morgan fingerprint density at radius 1 is 1.13 bits per heavy atom. The van der Waals surface area contributed by atoms with Crippen LogP contribution in [0.15, 0.2) is 39.6 Å². The second kappa shape index (κ2) is 6.54. The lowest BCUT2D eigenvalue weighted by molar-refractivity contribution is 0.378. The predicted octanol–water partition coefficient (Wildman–Crippen LogP) is 3.08. The first-order valence-corrected chi connectivity index (χ1v) is 8.10. The number of halogens is 1. The summed E-state index contributed by atoms with van der Waals surface area (Å²) in [6, 6.07) is 8.48. The van der Waals surface area contributed by atoms with Crippen molar-refractivity contribution in [1.29, 1.82) is 0 Å². The summed E-state index contributed by atoms with van der Waals surface area (Å²) < 4.78 is 7.94. The molecular formula is C16H18BrN5O. The number of hydrogen-bond acceptors (Lipinski definition) is 5. The molecule has 0 bridgehead atoms. The average molecular weight is 376 g/mol. The zero-order chi connectivity index (χ0) is 16.4. The minimum Gasteiger partial charge on any atom is -0.378 e. The van der Waals surface area contributed by atoms with Gasteiger partial charge in [-0.2, -0.15) is 4.98 Å². The van der Waals surface area contributed by atoms with Crippen molar-refractivity contribution in [3.63, 3.8) is 0 Å². The van der Waals surface area contributed by atoms with Crippen LogP contribution < -0.4 is 4.90 Å². The number of rotatable bonds is 5. The minimum atomic E-state index is 0.510. The van der Waals surface area contributed by atoms with Crippen LogP contribution in [0.4, 0.5) is 5.69 Å². The van der Waals surface area contributed by atoms with Gasteiger partial charge in [0.25, 0.3) is 0 Å². The average Bonchev–Trinajstić information content (AvgIpc) is 3.11. The molecule has 0 amide bonds. The van der Waals surface area contributed by atoms with E-state index in [0.717, 1.165) is 11.0 Å². The second-order valence-corrected chi connectivity index (χ2v) is 6.38. The summed E-state index contributed by atoms with van der Waals surface area (Å²) in [5, 5.41) is 4.01. The zero-order valence-corrected chi connectivity index (χ0v) is 14.9. The van der Waals surface area contributed by atoms with Crippen LogP contribution in [0.3, 0.4) is 0 Å². The summed E-state index contributed by atoms with van der Waals surface area (Å²) >= 11 is 3.34. The zero-order valence-electron chi connectivity index (χ0n) is 13.3. The van der Waals surface area contributed by atoms with Crippen molar-refractivity contribution in [3.05, 3.63) is 46.5 Å². The molecule has 0 aliphatic rings. The van der Waals surface area contributed by atoms with Gasteiger partial charge in [0.1, 0.15) is 4.60 Å². The van der Waals surface area contributed by atoms with Gasteiger partial charge in [-0.05, 0) is 40.0 Å². The Balaban J connectivity index is 1.66. The van der Waals surface area contributed by atoms with Gasteiger partial charge in [0.2, 0.25) is 11.7 Å². The number of benzene rings is 1. The molecule has 3 aromatic rings. The van der Waals surface area contributed by atoms with E-state index in [1.54, 1.807) is 0 Å². The molecule has 0 aliphatic heterocycles. The van der Waals surface area contributed by atoms with Crippen molar-refractivity contribution in [3.8, 4) is 11.6 Å². The Bertz CT molecular complexity index is 791. The molecule has 3 rings (SSSR count). The Morgan fingerprint density at radius 2 is 1.87 bits per heavy atom. The summed E-state index contributed by atoms with van der Waals surface area (Å²) in [5.74, 6) is 1.81. The number of nitrogens with zero attached hydrogens (tertiary/aromatic N) is 5. The maximum Gasteiger partial charge on any atom is 0.238 e. The fraction of sp³-hybridized carbons (Fsp3) is 0.312. The highest BCUT2D eigenvalue weighted by Gasteiger charge is 2.14. The molecule has 0 unspecified atom stereocenters. The molecule has 23 heavy (non-hydrogen) atoms. The van der Waals surface area contributed by atoms with E-state index in [4.69, 9.17) is 4.52 Å². The molecule has 0 atom stereocenters. The SMILES string of the molecule is CN(C)c1ccc(CCc2nc(-c3nc(Br)cn3C)no2)cc1. The van der Waals surface area contributed by atoms with Crippen LogP contribution in [0, 0.1) is 0 Å². The van der Waals surface area contributed by atoms with Gasteiger partial charge in [-0.1, -0.05) is 17.3 Å². The molecule has 0 fully saturated rings. The standard InChI is InChI=1S/C16H18BrN5O/c1-21(2)12-7-4-11(5-8-12)6-9-14-19-15(20-23-14)16-18-13(17)10-22(16)3/h4-5,7-8,10H,6,9H2,1-3H3. The number of anilines is 1. The van der Waals surface area contributed by atoms with Crippen molar-refractivity contribution in [2.24, 2.45) is 7.05 Å². The van der Waals surface area contributed by atoms with Crippen molar-refractivity contribution >= 4 is 21.6 Å². The molecule has 0 aliphatic carbocycles. The maximum absolute atomic E-state index is 5.33. The Morgan fingerprint density at radius 3 is 2.48 bits per heavy atom. The topological polar surface area (TPSA) is 60.0 Å². The summed E-state index contributed by atoms with van der Waals surface area (Å²) in [5.41, 5.74) is 2.43. The molecule has 0 saturated carbocycles. The molecule has 2 heterocycles. The normalized spacial score (nSPS) is 11.0. The van der Waals surface area contributed by atoms with Gasteiger partial charge in [0.15, 0.2) is 5.82 Å². The van der Waals surface area contributed by atoms with Crippen LogP contribution in [0.5, 0.6) is 0 Å². The minimum absolute atomic E-state index is 0.510. The summed E-state index contributed by atoms with van der Waals surface area (Å²) in [6.07, 6.45) is 3.43. The second-order valence-electron chi connectivity index (χ2n) is 5.57. The van der Waals surface area contributed by atoms with E-state index in [1.165, 1.54) is 11.3 Å². The van der Waals surface area contributed by atoms with E-state index in [0.29, 0.717) is 24.0 Å². The highest BCUT2D eigenvalue weighted by Crippen LogP contribution is 2.18. The molecule has 0 spiro atoms. The van der Waals surface area contributed by atoms with Crippen LogP contribution in [0.1, 0.15) is 11.5 Å². The largest absolute Gasteiger partial charge is 0.378 e. The molecule has 6 nitrogen and oxygen atoms in total. The molecule has 120 valence electrons. The molecule has 0 saturated heterocycles. The predicted molar refractivity (Wildman–Crippen MR) is 92.4 cm³/mol. The third-order valence-electron chi connectivity index (χ3n) is 3.60. The molecule has 0 N–H and O–H groups in total. The lowest BCUT2D eigenvalue weighted by Gasteiger charge is -2.12. The van der Waals surface area contributed by atoms with Gasteiger partial charge in [-0.25, -0.2) is 4.98 Å². The third-order valence-corrected chi connectivity index (χ3v) is 3.98. The van der Waals surface area contributed by atoms with Gasteiger partial charge in [0, 0.05) is 39.4 Å².